The predicted octanol–water partition coefficient (Wildman–Crippen LogP) is 18.1. The van der Waals surface area contributed by atoms with Crippen molar-refractivity contribution >= 4 is 47.3 Å². The van der Waals surface area contributed by atoms with Crippen molar-refractivity contribution in [2.45, 2.75) is 242 Å². The molecule has 0 aliphatic heterocycles. The van der Waals surface area contributed by atoms with Crippen molar-refractivity contribution in [3.8, 4) is 0 Å². The van der Waals surface area contributed by atoms with Crippen molar-refractivity contribution in [1.29, 1.82) is 0 Å². The molecule has 16 atom stereocenters. The van der Waals surface area contributed by atoms with Gasteiger partial charge in [-0.3, -0.25) is 20.2 Å². The Bertz CT molecular complexity index is 2520. The summed E-state index contributed by atoms with van der Waals surface area (Å²) in [5, 5.41) is 11.2. The highest BCUT2D eigenvalue weighted by molar-refractivity contribution is 5.93. The molecule has 2 heterocycles. The topological polar surface area (TPSA) is 161 Å². The van der Waals surface area contributed by atoms with Crippen LogP contribution in [-0.4, -0.2) is 46.2 Å². The van der Waals surface area contributed by atoms with Crippen LogP contribution in [-0.2, 0) is 19.1 Å². The van der Waals surface area contributed by atoms with Gasteiger partial charge in [-0.1, -0.05) is 143 Å². The number of fused-ring (bicyclic) bond motifs is 10. The molecule has 2 aromatic heterocycles. The molecule has 2 unspecified atom stereocenters. The smallest absolute Gasteiger partial charge is 0.413 e. The lowest BCUT2D eigenvalue weighted by molar-refractivity contribution is -0.117. The van der Waals surface area contributed by atoms with Gasteiger partial charge in [-0.15, -0.1) is 0 Å². The van der Waals surface area contributed by atoms with E-state index < -0.39 is 12.2 Å². The van der Waals surface area contributed by atoms with Crippen LogP contribution in [0.1, 0.15) is 230 Å². The first-order valence-electron chi connectivity index (χ1n) is 33.5. The van der Waals surface area contributed by atoms with Gasteiger partial charge in [0.05, 0.1) is 0 Å². The van der Waals surface area contributed by atoms with Crippen molar-refractivity contribution in [1.82, 2.24) is 9.97 Å². The second kappa shape index (κ2) is 25.7. The molecule has 6 saturated carbocycles. The van der Waals surface area contributed by atoms with E-state index in [2.05, 4.69) is 113 Å². The summed E-state index contributed by atoms with van der Waals surface area (Å²) in [6, 6.07) is 10.1. The third kappa shape index (κ3) is 13.3. The largest absolute Gasteiger partial charge is 0.446 e. The lowest BCUT2D eigenvalue weighted by Crippen LogP contribution is -2.51. The summed E-state index contributed by atoms with van der Waals surface area (Å²) < 4.78 is 12.1. The van der Waals surface area contributed by atoms with E-state index in [-0.39, 0.29) is 59.3 Å². The number of hydrogen-bond acceptors (Lipinski definition) is 8. The Morgan fingerprint density at radius 1 is 0.494 bits per heavy atom. The first kappa shape index (κ1) is 61.4. The minimum Gasteiger partial charge on any atom is -0.446 e. The fraction of sp³-hybridized carbons (Fsp3) is 0.746. The molecule has 0 spiro atoms. The van der Waals surface area contributed by atoms with Gasteiger partial charge in [-0.2, -0.15) is 0 Å². The summed E-state index contributed by atoms with van der Waals surface area (Å²) in [5.74, 6) is 9.98. The number of pyridine rings is 2. The molecule has 12 nitrogen and oxygen atoms in total. The van der Waals surface area contributed by atoms with E-state index in [1.807, 2.05) is 0 Å². The number of amides is 4. The van der Waals surface area contributed by atoms with E-state index in [1.54, 1.807) is 36.4 Å². The Hall–Kier alpha value is -4.74. The Balaban J connectivity index is 0.625. The van der Waals surface area contributed by atoms with Crippen LogP contribution in [0.2, 0.25) is 0 Å². The monoisotopic (exact) mass is 1140 g/mol. The molecular formula is C71H106N6O6. The van der Waals surface area contributed by atoms with Crippen molar-refractivity contribution in [2.75, 3.05) is 21.3 Å². The van der Waals surface area contributed by atoms with Gasteiger partial charge in [0.15, 0.2) is 0 Å². The molecule has 4 N–H and O–H groups in total. The van der Waals surface area contributed by atoms with Crippen LogP contribution in [0.5, 0.6) is 0 Å². The van der Waals surface area contributed by atoms with Crippen LogP contribution in [0.15, 0.2) is 59.7 Å². The summed E-state index contributed by atoms with van der Waals surface area (Å²) in [7, 11) is 0. The molecule has 2 aromatic rings. The zero-order chi connectivity index (χ0) is 58.8. The van der Waals surface area contributed by atoms with Crippen molar-refractivity contribution in [2.24, 2.45) is 92.7 Å². The Morgan fingerprint density at radius 3 is 1.29 bits per heavy atom. The number of anilines is 4. The van der Waals surface area contributed by atoms with E-state index in [0.29, 0.717) is 40.7 Å². The van der Waals surface area contributed by atoms with E-state index >= 15 is 0 Å². The fourth-order valence-electron chi connectivity index (χ4n) is 20.0. The van der Waals surface area contributed by atoms with Crippen molar-refractivity contribution < 1.29 is 28.7 Å². The zero-order valence-electron chi connectivity index (χ0n) is 52.7. The van der Waals surface area contributed by atoms with Crippen molar-refractivity contribution in [3.63, 3.8) is 0 Å². The summed E-state index contributed by atoms with van der Waals surface area (Å²) in [4.78, 5) is 61.6. The van der Waals surface area contributed by atoms with Gasteiger partial charge in [0.25, 0.3) is 0 Å². The molecule has 8 aliphatic rings. The van der Waals surface area contributed by atoms with Gasteiger partial charge >= 0.3 is 12.2 Å². The number of rotatable bonds is 20. The zero-order valence-corrected chi connectivity index (χ0v) is 52.7. The number of nitrogens with one attached hydrogen (secondary N) is 4. The Kier molecular flexibility index (Phi) is 19.0. The molecule has 4 amide bonds. The van der Waals surface area contributed by atoms with Gasteiger partial charge in [-0.05, 0) is 213 Å². The quantitative estimate of drug-likeness (QED) is 0.0953. The molecule has 83 heavy (non-hydrogen) atoms. The summed E-state index contributed by atoms with van der Waals surface area (Å²) in [6.07, 6.45) is 30.7. The van der Waals surface area contributed by atoms with Crippen LogP contribution in [0.25, 0.3) is 0 Å². The van der Waals surface area contributed by atoms with Crippen LogP contribution >= 0.6 is 0 Å². The van der Waals surface area contributed by atoms with Crippen LogP contribution < -0.4 is 21.3 Å². The third-order valence-electron chi connectivity index (χ3n) is 24.4. The third-order valence-corrected chi connectivity index (χ3v) is 24.4. The lowest BCUT2D eigenvalue weighted by Gasteiger charge is -2.58. The average Bonchev–Trinajstić information content (AvgIpc) is 4.17. The molecule has 12 heteroatoms. The molecule has 0 saturated heterocycles. The number of carbonyl (C=O) groups excluding carboxylic acids is 4. The lowest BCUT2D eigenvalue weighted by atomic mass is 9.47. The maximum absolute atomic E-state index is 13.3. The standard InChI is InChI=1S/C71H106N6O6/c1-44(2)16-11-18-46(5)54-30-32-56-52-28-26-48-42-50(34-38-68(48,7)58(52)36-40-70(54,56)9)82-66(80)76-62-22-13-20-60(72-62)74-64(78)24-15-25-65(79)75-61-21-14-23-63(73-61)77-67(81)83-51-35-39-69(8)49(43-51)27-29-53-57-33-31-55(47(6)19-12-17-45(3)4)71(57,10)41-37-59(53)69/h13-14,20-23,26-27,44-47,50-59H,11-12,15-19,24-25,28-43H2,1-10H3,(H2,72,74,76,78,80)(H2,73,75,77,79,81)/t46-,47-,50?,51?,52+,53+,54-,55-,56+,57+,58+,59+,68+,69+,70-,71-/m1/s1. The molecule has 8 aliphatic carbocycles. The predicted molar refractivity (Wildman–Crippen MR) is 333 cm³/mol. The van der Waals surface area contributed by atoms with Gasteiger partial charge in [0.2, 0.25) is 11.8 Å². The minimum absolute atomic E-state index is 0.0862. The molecule has 0 radical (unpaired) electrons. The van der Waals surface area contributed by atoms with Crippen LogP contribution in [0, 0.1) is 92.7 Å². The molecule has 456 valence electrons. The Labute approximate surface area is 499 Å². The number of nitrogens with zero attached hydrogens (tertiary/aromatic N) is 2. The molecule has 0 aromatic carbocycles. The molecular weight excluding hydrogens is 1030 g/mol. The second-order valence-electron chi connectivity index (χ2n) is 30.1. The van der Waals surface area contributed by atoms with E-state index in [9.17, 15) is 19.2 Å². The molecule has 10 rings (SSSR count). The highest BCUT2D eigenvalue weighted by atomic mass is 16.6. The minimum atomic E-state index is -0.541. The number of ether oxygens (including phenoxy) is 2. The van der Waals surface area contributed by atoms with Gasteiger partial charge in [0.1, 0.15) is 35.5 Å². The highest BCUT2D eigenvalue weighted by Gasteiger charge is 2.61. The number of aromatic nitrogens is 2. The van der Waals surface area contributed by atoms with Gasteiger partial charge in [0, 0.05) is 25.7 Å². The normalized spacial score (nSPS) is 34.9. The summed E-state index contributed by atoms with van der Waals surface area (Å²) >= 11 is 0. The van der Waals surface area contributed by atoms with Crippen molar-refractivity contribution in [3.05, 3.63) is 59.7 Å². The van der Waals surface area contributed by atoms with Crippen LogP contribution in [0.3, 0.4) is 0 Å². The summed E-state index contributed by atoms with van der Waals surface area (Å²) in [5.41, 5.74) is 4.22. The number of hydrogen-bond donors (Lipinski definition) is 4. The molecule has 6 fully saturated rings. The average molecular weight is 1140 g/mol. The SMILES string of the molecule is CC(C)CCC[C@@H](C)[C@H]1CC[C@H]2[C@@H]3CC=C4CC(OC(=O)Nc5cccc(NC(=O)CCCC(=O)Nc6cccc(NC(=O)OC7CC[C@@]8(C)C(=CC[C@H]9[C@@H]%10CC[C@H]([C@H](C)CCCC(C)C)[C@@]%10(C)CC[C@@H]98)C7)n6)n5)CC[C@]4(C)[C@H]3CC[C@]12C. The van der Waals surface area contributed by atoms with E-state index in [1.165, 1.54) is 101 Å². The van der Waals surface area contributed by atoms with E-state index in [4.69, 9.17) is 9.47 Å². The highest BCUT2D eigenvalue weighted by Crippen LogP contribution is 2.69. The Morgan fingerprint density at radius 2 is 0.892 bits per heavy atom. The second-order valence-corrected chi connectivity index (χ2v) is 30.1. The molecule has 0 bridgehead atoms. The number of carbonyl (C=O) groups is 4. The maximum atomic E-state index is 13.3. The van der Waals surface area contributed by atoms with Gasteiger partial charge < -0.3 is 20.1 Å². The first-order valence-corrected chi connectivity index (χ1v) is 33.5. The van der Waals surface area contributed by atoms with Crippen LogP contribution in [0.4, 0.5) is 32.9 Å². The van der Waals surface area contributed by atoms with Gasteiger partial charge in [-0.25, -0.2) is 19.6 Å². The summed E-state index contributed by atoms with van der Waals surface area (Å²) in [6.45, 7) is 24.8. The van der Waals surface area contributed by atoms with E-state index in [0.717, 1.165) is 111 Å². The fourth-order valence-corrected chi connectivity index (χ4v) is 20.0. The maximum Gasteiger partial charge on any atom is 0.413 e. The first-order chi connectivity index (χ1) is 39.6. The number of allylic oxidation sites excluding steroid dienone is 2.